The molecule has 0 radical (unpaired) electrons. The zero-order valence-electron chi connectivity index (χ0n) is 45.5. The van der Waals surface area contributed by atoms with E-state index in [2.05, 4.69) is 59.5 Å². The van der Waals surface area contributed by atoms with Crippen molar-refractivity contribution in [2.75, 3.05) is 11.9 Å². The largest absolute Gasteiger partial charge is 0.443 e. The second-order valence-corrected chi connectivity index (χ2v) is 23.8. The fourth-order valence-corrected chi connectivity index (χ4v) is 9.45. The van der Waals surface area contributed by atoms with E-state index in [1.807, 2.05) is 47.0 Å². The quantitative estimate of drug-likeness (QED) is 0.0527. The Balaban J connectivity index is 0.000000238. The molecule has 0 aliphatic heterocycles. The number of ether oxygens (including phenoxy) is 4. The third-order valence-corrected chi connectivity index (χ3v) is 12.6. The number of aromatic nitrogens is 8. The normalized spacial score (nSPS) is 19.6. The Morgan fingerprint density at radius 2 is 1.05 bits per heavy atom. The number of anilines is 1. The van der Waals surface area contributed by atoms with Crippen LogP contribution in [0.3, 0.4) is 0 Å². The molecular weight excluding hydrogens is 1070 g/mol. The van der Waals surface area contributed by atoms with Gasteiger partial charge in [0.1, 0.15) is 40.1 Å². The lowest BCUT2D eigenvalue weighted by atomic mass is 9.91. The van der Waals surface area contributed by atoms with Crippen molar-refractivity contribution in [2.45, 2.75) is 161 Å². The smallest absolute Gasteiger partial charge is 0.420 e. The van der Waals surface area contributed by atoms with Gasteiger partial charge in [0.05, 0.1) is 36.8 Å². The molecule has 2 aliphatic carbocycles. The molecule has 78 heavy (non-hydrogen) atoms. The lowest BCUT2D eigenvalue weighted by molar-refractivity contribution is -0.0350. The molecule has 6 aromatic rings. The van der Waals surface area contributed by atoms with Crippen LogP contribution in [-0.4, -0.2) is 137 Å². The Bertz CT molecular complexity index is 3060. The Hall–Kier alpha value is -6.65. The maximum absolute atomic E-state index is 13.2. The van der Waals surface area contributed by atoms with Gasteiger partial charge in [0.25, 0.3) is 0 Å². The number of aliphatic hydroxyl groups is 2. The third-order valence-electron chi connectivity index (χ3n) is 12.0. The third kappa shape index (κ3) is 14.5. The van der Waals surface area contributed by atoms with E-state index in [0.29, 0.717) is 34.8 Å². The summed E-state index contributed by atoms with van der Waals surface area (Å²) >= 11 is 18.4. The first-order valence-electron chi connectivity index (χ1n) is 25.2. The van der Waals surface area contributed by atoms with Crippen LogP contribution in [0.15, 0.2) is 85.5 Å². The van der Waals surface area contributed by atoms with Gasteiger partial charge in [0, 0.05) is 12.5 Å². The second-order valence-electron chi connectivity index (χ2n) is 22.8. The number of halogens is 3. The lowest BCUT2D eigenvalue weighted by Crippen LogP contribution is -2.52. The average Bonchev–Trinajstić information content (AvgIpc) is 4.18. The molecular formula is C54H66Cl3N11O10. The van der Waals surface area contributed by atoms with Gasteiger partial charge in [-0.25, -0.2) is 43.9 Å². The SMILES string of the molecule is CC(C)(C)OC(=O)N(C(=O)OC(C)(C)C)[C@@H]1C=C[C@H](n2cnc3c(NCC(c4ccccc4)c4ccccc4)nc(Cl)nc32)C1.CC(C)(C)OC(=O)N(C(=O)OC(C)(C)C)[C@H]1C[C@@H](n2cnc3c(Cl)nc(Cl)nc32)[C@H](O)[C@@H]1O. The Labute approximate surface area is 467 Å². The standard InChI is InChI=1S/C34H39ClN6O4.C20H27Cl2N5O6/c1-33(2,3)44-31(42)41(32(43)45-34(4,5)6)25-18-17-24(19-25)40-21-37-27-28(38-30(35)39-29(27)40)36-20-26(22-13-9-7-10-14-22)23-15-11-8-12-16-23;1-19(2,3)32-17(30)27(18(31)33-20(4,5)6)10-7-9(12(28)13(10)29)26-8-23-11-14(21)24-16(22)25-15(11)26/h7-18,21,24-26H,19-20H2,1-6H3,(H,36,38,39);8-10,12-13,28-29H,7H2,1-6H3/t24-,25+;9-,10+,12+,13-/m01/s1. The summed E-state index contributed by atoms with van der Waals surface area (Å²) in [6, 6.07) is 17.7. The molecule has 1 fully saturated rings. The van der Waals surface area contributed by atoms with Crippen molar-refractivity contribution in [3.05, 3.63) is 112 Å². The van der Waals surface area contributed by atoms with Crippen LogP contribution < -0.4 is 5.32 Å². The number of nitrogens with one attached hydrogen (secondary N) is 1. The minimum absolute atomic E-state index is 0.0254. The summed E-state index contributed by atoms with van der Waals surface area (Å²) in [4.78, 5) is 79.8. The number of imidazole rings is 2. The monoisotopic (exact) mass is 1130 g/mol. The van der Waals surface area contributed by atoms with Gasteiger partial charge in [-0.1, -0.05) is 84.4 Å². The van der Waals surface area contributed by atoms with Gasteiger partial charge in [-0.3, -0.25) is 0 Å². The van der Waals surface area contributed by atoms with Crippen LogP contribution in [0.2, 0.25) is 15.7 Å². The first kappa shape index (κ1) is 59.0. The summed E-state index contributed by atoms with van der Waals surface area (Å²) in [7, 11) is 0. The number of rotatable bonds is 9. The van der Waals surface area contributed by atoms with E-state index in [4.69, 9.17) is 53.8 Å². The zero-order valence-corrected chi connectivity index (χ0v) is 47.8. The van der Waals surface area contributed by atoms with Crippen LogP contribution in [0.1, 0.15) is 125 Å². The zero-order chi connectivity index (χ0) is 57.2. The molecule has 4 aromatic heterocycles. The van der Waals surface area contributed by atoms with Gasteiger partial charge in [-0.05, 0) is 130 Å². The predicted molar refractivity (Wildman–Crippen MR) is 294 cm³/mol. The fourth-order valence-electron chi connectivity index (χ4n) is 8.87. The number of carbonyl (C=O) groups excluding carboxylic acids is 4. The van der Waals surface area contributed by atoms with Crippen molar-refractivity contribution < 1.29 is 48.3 Å². The summed E-state index contributed by atoms with van der Waals surface area (Å²) in [5.74, 6) is 0.576. The molecule has 1 saturated carbocycles. The number of allylic oxidation sites excluding steroid dienone is 1. The molecule has 2 aliphatic rings. The maximum Gasteiger partial charge on any atom is 0.420 e. The molecule has 0 unspecified atom stereocenters. The number of nitrogens with zero attached hydrogens (tertiary/aromatic N) is 10. The fraction of sp³-hybridized carbons (Fsp3) is 0.481. The van der Waals surface area contributed by atoms with Crippen molar-refractivity contribution in [1.29, 1.82) is 0 Å². The number of carbonyl (C=O) groups is 4. The first-order chi connectivity index (χ1) is 36.4. The number of amides is 4. The van der Waals surface area contributed by atoms with Crippen molar-refractivity contribution in [3.8, 4) is 0 Å². The predicted octanol–water partition coefficient (Wildman–Crippen LogP) is 11.1. The van der Waals surface area contributed by atoms with Crippen LogP contribution in [0, 0.1) is 0 Å². The van der Waals surface area contributed by atoms with E-state index >= 15 is 0 Å². The van der Waals surface area contributed by atoms with E-state index in [9.17, 15) is 29.4 Å². The number of hydrogen-bond acceptors (Lipinski definition) is 17. The highest BCUT2D eigenvalue weighted by Gasteiger charge is 2.51. The molecule has 0 bridgehead atoms. The minimum atomic E-state index is -1.50. The van der Waals surface area contributed by atoms with Gasteiger partial charge in [-0.2, -0.15) is 15.0 Å². The number of benzene rings is 2. The number of aliphatic hydroxyl groups excluding tert-OH is 2. The van der Waals surface area contributed by atoms with Gasteiger partial charge in [0.15, 0.2) is 27.8 Å². The highest BCUT2D eigenvalue weighted by atomic mass is 35.5. The molecule has 6 atom stereocenters. The van der Waals surface area contributed by atoms with Crippen molar-refractivity contribution in [3.63, 3.8) is 0 Å². The molecule has 0 spiro atoms. The summed E-state index contributed by atoms with van der Waals surface area (Å²) in [6.45, 7) is 20.9. The molecule has 4 amide bonds. The van der Waals surface area contributed by atoms with E-state index < -0.39 is 77.1 Å². The summed E-state index contributed by atoms with van der Waals surface area (Å²) < 4.78 is 25.3. The van der Waals surface area contributed by atoms with E-state index in [1.54, 1.807) is 95.5 Å². The Morgan fingerprint density at radius 3 is 1.55 bits per heavy atom. The lowest BCUT2D eigenvalue weighted by Gasteiger charge is -2.33. The van der Waals surface area contributed by atoms with Gasteiger partial charge in [0.2, 0.25) is 10.6 Å². The molecule has 3 N–H and O–H groups in total. The van der Waals surface area contributed by atoms with Crippen LogP contribution in [0.5, 0.6) is 0 Å². The molecule has 4 heterocycles. The highest BCUT2D eigenvalue weighted by Crippen LogP contribution is 2.38. The Morgan fingerprint density at radius 1 is 0.603 bits per heavy atom. The van der Waals surface area contributed by atoms with Gasteiger partial charge in [-0.15, -0.1) is 0 Å². The van der Waals surface area contributed by atoms with Gasteiger partial charge < -0.3 is 43.6 Å². The van der Waals surface area contributed by atoms with Crippen LogP contribution in [0.25, 0.3) is 22.3 Å². The Kier molecular flexibility index (Phi) is 17.7. The first-order valence-corrected chi connectivity index (χ1v) is 26.4. The molecule has 0 saturated heterocycles. The summed E-state index contributed by atoms with van der Waals surface area (Å²) in [5.41, 5.74) is 0.498. The number of hydrogen-bond donors (Lipinski definition) is 3. The summed E-state index contributed by atoms with van der Waals surface area (Å²) in [6.07, 6.45) is 0.669. The highest BCUT2D eigenvalue weighted by molar-refractivity contribution is 6.35. The maximum atomic E-state index is 13.2. The second kappa shape index (κ2) is 23.4. The molecule has 21 nitrogen and oxygen atoms in total. The molecule has 418 valence electrons. The van der Waals surface area contributed by atoms with Crippen LogP contribution >= 0.6 is 34.8 Å². The molecule has 2 aromatic carbocycles. The van der Waals surface area contributed by atoms with Crippen molar-refractivity contribution >= 4 is 87.3 Å². The van der Waals surface area contributed by atoms with Crippen molar-refractivity contribution in [1.82, 2.24) is 48.8 Å². The molecule has 24 heteroatoms. The van der Waals surface area contributed by atoms with Crippen molar-refractivity contribution in [2.24, 2.45) is 0 Å². The average molecular weight is 1140 g/mol. The van der Waals surface area contributed by atoms with Crippen LogP contribution in [-0.2, 0) is 18.9 Å². The topological polar surface area (TPSA) is 251 Å². The number of imide groups is 2. The summed E-state index contributed by atoms with van der Waals surface area (Å²) in [5, 5.41) is 25.1. The van der Waals surface area contributed by atoms with E-state index in [0.717, 1.165) is 4.90 Å². The van der Waals surface area contributed by atoms with E-state index in [1.165, 1.54) is 22.0 Å². The van der Waals surface area contributed by atoms with E-state index in [-0.39, 0.29) is 45.3 Å². The minimum Gasteiger partial charge on any atom is -0.443 e. The van der Waals surface area contributed by atoms with Crippen LogP contribution in [0.4, 0.5) is 25.0 Å². The number of fused-ring (bicyclic) bond motifs is 2. The molecule has 8 rings (SSSR count). The van der Waals surface area contributed by atoms with Gasteiger partial charge >= 0.3 is 24.4 Å².